The summed E-state index contributed by atoms with van der Waals surface area (Å²) in [6, 6.07) is 17.9. The molecule has 0 bridgehead atoms. The fourth-order valence-electron chi connectivity index (χ4n) is 2.98. The number of ether oxygens (including phenoxy) is 2. The van der Waals surface area contributed by atoms with Crippen LogP contribution in [0.25, 0.3) is 6.08 Å². The average molecular weight is 546 g/mol. The Bertz CT molecular complexity index is 1270. The number of carbonyl (C=O) groups is 1. The topological polar surface area (TPSA) is 71.3 Å². The van der Waals surface area contributed by atoms with Crippen molar-refractivity contribution >= 4 is 56.8 Å². The number of nitrogens with zero attached hydrogens (tertiary/aromatic N) is 1. The zero-order chi connectivity index (χ0) is 24.0. The summed E-state index contributed by atoms with van der Waals surface area (Å²) in [6.07, 6.45) is 1.48. The Hall–Kier alpha value is -2.98. The lowest BCUT2D eigenvalue weighted by Gasteiger charge is -2.14. The SMILES string of the molecule is COc1cc(/C=C(\C#N)C(=O)Nc2cc(Cl)ccc2C)cc(Br)c1OCc1cccc(Cl)c1. The van der Waals surface area contributed by atoms with E-state index >= 15 is 0 Å². The van der Waals surface area contributed by atoms with Gasteiger partial charge in [-0.15, -0.1) is 0 Å². The molecule has 0 aliphatic rings. The van der Waals surface area contributed by atoms with E-state index in [-0.39, 0.29) is 12.2 Å². The van der Waals surface area contributed by atoms with Crippen molar-refractivity contribution in [2.75, 3.05) is 12.4 Å². The maximum Gasteiger partial charge on any atom is 0.266 e. The number of benzene rings is 3. The van der Waals surface area contributed by atoms with Gasteiger partial charge in [-0.3, -0.25) is 4.79 Å². The second-order valence-electron chi connectivity index (χ2n) is 7.04. The van der Waals surface area contributed by atoms with Crippen LogP contribution in [-0.4, -0.2) is 13.0 Å². The van der Waals surface area contributed by atoms with E-state index in [1.807, 2.05) is 31.2 Å². The van der Waals surface area contributed by atoms with Gasteiger partial charge in [-0.2, -0.15) is 5.26 Å². The van der Waals surface area contributed by atoms with Gasteiger partial charge in [0.15, 0.2) is 11.5 Å². The van der Waals surface area contributed by atoms with Crippen molar-refractivity contribution in [3.05, 3.63) is 91.4 Å². The Morgan fingerprint density at radius 2 is 1.91 bits per heavy atom. The number of amides is 1. The minimum atomic E-state index is -0.542. The van der Waals surface area contributed by atoms with Gasteiger partial charge in [0.25, 0.3) is 5.91 Å². The van der Waals surface area contributed by atoms with Gasteiger partial charge in [-0.25, -0.2) is 0 Å². The van der Waals surface area contributed by atoms with E-state index in [1.165, 1.54) is 13.2 Å². The summed E-state index contributed by atoms with van der Waals surface area (Å²) in [6.45, 7) is 2.13. The molecular weight excluding hydrogens is 527 g/mol. The molecule has 1 N–H and O–H groups in total. The molecular formula is C25H19BrCl2N2O3. The van der Waals surface area contributed by atoms with Crippen LogP contribution in [0.1, 0.15) is 16.7 Å². The molecule has 3 rings (SSSR count). The second kappa shape index (κ2) is 11.2. The van der Waals surface area contributed by atoms with Gasteiger partial charge in [-0.05, 0) is 82.0 Å². The first-order valence-corrected chi connectivity index (χ1v) is 11.3. The monoisotopic (exact) mass is 544 g/mol. The molecule has 0 spiro atoms. The molecule has 3 aromatic carbocycles. The van der Waals surface area contributed by atoms with Gasteiger partial charge in [0, 0.05) is 15.7 Å². The first-order valence-electron chi connectivity index (χ1n) is 9.74. The van der Waals surface area contributed by atoms with Crippen LogP contribution in [0, 0.1) is 18.3 Å². The first kappa shape index (κ1) is 24.7. The van der Waals surface area contributed by atoms with Gasteiger partial charge in [0.05, 0.1) is 11.6 Å². The van der Waals surface area contributed by atoms with E-state index in [2.05, 4.69) is 21.2 Å². The molecule has 0 heterocycles. The molecule has 0 fully saturated rings. The molecule has 0 unspecified atom stereocenters. The molecule has 0 aliphatic carbocycles. The number of halogens is 3. The van der Waals surface area contributed by atoms with E-state index in [9.17, 15) is 10.1 Å². The number of carbonyl (C=O) groups excluding carboxylic acids is 1. The Morgan fingerprint density at radius 1 is 1.15 bits per heavy atom. The van der Waals surface area contributed by atoms with Crippen LogP contribution in [0.4, 0.5) is 5.69 Å². The van der Waals surface area contributed by atoms with E-state index in [0.29, 0.717) is 37.3 Å². The lowest BCUT2D eigenvalue weighted by atomic mass is 10.1. The third kappa shape index (κ3) is 6.52. The molecule has 0 aromatic heterocycles. The lowest BCUT2D eigenvalue weighted by Crippen LogP contribution is -2.14. The van der Waals surface area contributed by atoms with Crippen molar-refractivity contribution in [1.29, 1.82) is 5.26 Å². The highest BCUT2D eigenvalue weighted by Gasteiger charge is 2.15. The number of hydrogen-bond donors (Lipinski definition) is 1. The number of methoxy groups -OCH3 is 1. The van der Waals surface area contributed by atoms with Crippen molar-refractivity contribution in [3.63, 3.8) is 0 Å². The van der Waals surface area contributed by atoms with E-state index in [4.69, 9.17) is 32.7 Å². The first-order chi connectivity index (χ1) is 15.8. The second-order valence-corrected chi connectivity index (χ2v) is 8.76. The van der Waals surface area contributed by atoms with Crippen LogP contribution in [0.3, 0.4) is 0 Å². The molecule has 0 saturated heterocycles. The minimum Gasteiger partial charge on any atom is -0.493 e. The van der Waals surface area contributed by atoms with Crippen molar-refractivity contribution in [2.45, 2.75) is 13.5 Å². The van der Waals surface area contributed by atoms with Crippen LogP contribution in [0.2, 0.25) is 10.0 Å². The summed E-state index contributed by atoms with van der Waals surface area (Å²) in [5.41, 5.74) is 2.78. The lowest BCUT2D eigenvalue weighted by molar-refractivity contribution is -0.112. The fraction of sp³-hybridized carbons (Fsp3) is 0.120. The predicted molar refractivity (Wildman–Crippen MR) is 135 cm³/mol. The number of nitriles is 1. The van der Waals surface area contributed by atoms with Crippen molar-refractivity contribution in [1.82, 2.24) is 0 Å². The number of anilines is 1. The number of rotatable bonds is 7. The third-order valence-electron chi connectivity index (χ3n) is 4.65. The quantitative estimate of drug-likeness (QED) is 0.252. The van der Waals surface area contributed by atoms with E-state index in [0.717, 1.165) is 11.1 Å². The summed E-state index contributed by atoms with van der Waals surface area (Å²) in [4.78, 5) is 12.7. The molecule has 0 atom stereocenters. The molecule has 8 heteroatoms. The number of aryl methyl sites for hydroxylation is 1. The van der Waals surface area contributed by atoms with E-state index < -0.39 is 5.91 Å². The van der Waals surface area contributed by atoms with Gasteiger partial charge >= 0.3 is 0 Å². The fourth-order valence-corrected chi connectivity index (χ4v) is 3.94. The zero-order valence-corrected chi connectivity index (χ0v) is 20.9. The highest BCUT2D eigenvalue weighted by atomic mass is 79.9. The van der Waals surface area contributed by atoms with Crippen LogP contribution in [0.5, 0.6) is 11.5 Å². The van der Waals surface area contributed by atoms with Gasteiger partial charge in [0.2, 0.25) is 0 Å². The summed E-state index contributed by atoms with van der Waals surface area (Å²) >= 11 is 15.5. The third-order valence-corrected chi connectivity index (χ3v) is 5.71. The highest BCUT2D eigenvalue weighted by molar-refractivity contribution is 9.10. The highest BCUT2D eigenvalue weighted by Crippen LogP contribution is 2.38. The van der Waals surface area contributed by atoms with Gasteiger partial charge in [0.1, 0.15) is 18.2 Å². The van der Waals surface area contributed by atoms with Gasteiger partial charge < -0.3 is 14.8 Å². The largest absolute Gasteiger partial charge is 0.493 e. The predicted octanol–water partition coefficient (Wildman–Crippen LogP) is 7.20. The van der Waals surface area contributed by atoms with Crippen molar-refractivity contribution in [3.8, 4) is 17.6 Å². The maximum atomic E-state index is 12.7. The summed E-state index contributed by atoms with van der Waals surface area (Å²) < 4.78 is 12.0. The normalized spacial score (nSPS) is 11.0. The molecule has 0 radical (unpaired) electrons. The van der Waals surface area contributed by atoms with E-state index in [1.54, 1.807) is 36.4 Å². The molecule has 5 nitrogen and oxygen atoms in total. The summed E-state index contributed by atoms with van der Waals surface area (Å²) in [5, 5.41) is 13.4. The minimum absolute atomic E-state index is 0.0732. The average Bonchev–Trinajstić information content (AvgIpc) is 2.78. The van der Waals surface area contributed by atoms with Gasteiger partial charge in [-0.1, -0.05) is 41.4 Å². The summed E-state index contributed by atoms with van der Waals surface area (Å²) in [5.74, 6) is 0.396. The van der Waals surface area contributed by atoms with Crippen LogP contribution >= 0.6 is 39.1 Å². The molecule has 1 amide bonds. The number of nitrogens with one attached hydrogen (secondary N) is 1. The Kier molecular flexibility index (Phi) is 8.40. The maximum absolute atomic E-state index is 12.7. The van der Waals surface area contributed by atoms with Crippen LogP contribution < -0.4 is 14.8 Å². The standard InChI is InChI=1S/C25H19BrCl2N2O3/c1-15-6-7-20(28)12-22(15)30-25(31)18(13-29)8-17-10-21(26)24(23(11-17)32-2)33-14-16-4-3-5-19(27)9-16/h3-12H,14H2,1-2H3,(H,30,31)/b18-8+. The molecule has 33 heavy (non-hydrogen) atoms. The smallest absolute Gasteiger partial charge is 0.266 e. The Balaban J connectivity index is 1.84. The number of hydrogen-bond acceptors (Lipinski definition) is 4. The van der Waals surface area contributed by atoms with Crippen LogP contribution in [0.15, 0.2) is 64.6 Å². The Morgan fingerprint density at radius 3 is 2.61 bits per heavy atom. The molecule has 3 aromatic rings. The zero-order valence-electron chi connectivity index (χ0n) is 17.8. The van der Waals surface area contributed by atoms with Crippen LogP contribution in [-0.2, 0) is 11.4 Å². The molecule has 0 saturated carbocycles. The summed E-state index contributed by atoms with van der Waals surface area (Å²) in [7, 11) is 1.52. The van der Waals surface area contributed by atoms with Crippen molar-refractivity contribution < 1.29 is 14.3 Å². The molecule has 0 aliphatic heterocycles. The molecule has 168 valence electrons. The Labute approximate surface area is 210 Å². The van der Waals surface area contributed by atoms with Crippen molar-refractivity contribution in [2.24, 2.45) is 0 Å².